The van der Waals surface area contributed by atoms with Gasteiger partial charge in [-0.05, 0) is 17.7 Å². The van der Waals surface area contributed by atoms with E-state index >= 15 is 0 Å². The molecule has 0 fully saturated rings. The molecule has 17 heavy (non-hydrogen) atoms. The molecule has 0 aliphatic carbocycles. The molecule has 94 valence electrons. The fourth-order valence-corrected chi connectivity index (χ4v) is 1.41. The van der Waals surface area contributed by atoms with E-state index in [-0.39, 0.29) is 17.2 Å². The van der Waals surface area contributed by atoms with Crippen molar-refractivity contribution >= 4 is 11.6 Å². The maximum absolute atomic E-state index is 11.5. The third kappa shape index (κ3) is 3.56. The van der Waals surface area contributed by atoms with Crippen molar-refractivity contribution < 1.29 is 4.79 Å². The molecule has 1 amide bonds. The first-order valence-corrected chi connectivity index (χ1v) is 5.98. The monoisotopic (exact) mass is 234 g/mol. The van der Waals surface area contributed by atoms with Crippen LogP contribution in [0.5, 0.6) is 0 Å². The van der Waals surface area contributed by atoms with Crippen molar-refractivity contribution in [2.45, 2.75) is 33.1 Å². The second-order valence-corrected chi connectivity index (χ2v) is 5.31. The van der Waals surface area contributed by atoms with Gasteiger partial charge in [-0.3, -0.25) is 4.79 Å². The second kappa shape index (κ2) is 5.32. The van der Waals surface area contributed by atoms with Gasteiger partial charge in [0.05, 0.1) is 0 Å². The molecule has 0 atom stereocenters. The smallest absolute Gasteiger partial charge is 0.226 e. The van der Waals surface area contributed by atoms with Gasteiger partial charge in [0, 0.05) is 23.6 Å². The van der Waals surface area contributed by atoms with Crippen molar-refractivity contribution in [3.63, 3.8) is 0 Å². The topological polar surface area (TPSA) is 55.1 Å². The van der Waals surface area contributed by atoms with E-state index in [2.05, 4.69) is 19.2 Å². The van der Waals surface area contributed by atoms with Gasteiger partial charge in [0.15, 0.2) is 0 Å². The number of benzene rings is 1. The first-order valence-electron chi connectivity index (χ1n) is 5.98. The summed E-state index contributed by atoms with van der Waals surface area (Å²) in [5.74, 6) is 0.0333. The summed E-state index contributed by atoms with van der Waals surface area (Å²) >= 11 is 0. The number of amides is 1. The van der Waals surface area contributed by atoms with Crippen molar-refractivity contribution in [3.8, 4) is 0 Å². The molecule has 1 rings (SSSR count). The molecular formula is C14H22N2O. The maximum Gasteiger partial charge on any atom is 0.226 e. The summed E-state index contributed by atoms with van der Waals surface area (Å²) in [6.45, 7) is 8.57. The molecular weight excluding hydrogens is 212 g/mol. The summed E-state index contributed by atoms with van der Waals surface area (Å²) in [6, 6.07) is 7.88. The highest BCUT2D eigenvalue weighted by atomic mass is 16.1. The van der Waals surface area contributed by atoms with Crippen LogP contribution in [-0.4, -0.2) is 12.5 Å². The zero-order chi connectivity index (χ0) is 13.1. The molecule has 0 aliphatic rings. The van der Waals surface area contributed by atoms with E-state index in [1.807, 2.05) is 38.1 Å². The Morgan fingerprint density at radius 3 is 2.24 bits per heavy atom. The molecule has 0 aliphatic heterocycles. The molecule has 0 saturated heterocycles. The van der Waals surface area contributed by atoms with Crippen LogP contribution in [0.1, 0.15) is 33.3 Å². The Morgan fingerprint density at radius 2 is 1.82 bits per heavy atom. The molecule has 0 saturated carbocycles. The first-order chi connectivity index (χ1) is 7.86. The van der Waals surface area contributed by atoms with E-state index in [0.29, 0.717) is 6.54 Å². The van der Waals surface area contributed by atoms with Crippen LogP contribution in [0.3, 0.4) is 0 Å². The Kier molecular flexibility index (Phi) is 4.29. The quantitative estimate of drug-likeness (QED) is 0.841. The van der Waals surface area contributed by atoms with Gasteiger partial charge in [-0.15, -0.1) is 0 Å². The number of anilines is 1. The lowest BCUT2D eigenvalue weighted by atomic mass is 9.85. The Labute approximate surface area is 103 Å². The van der Waals surface area contributed by atoms with Crippen LogP contribution in [-0.2, 0) is 10.2 Å². The van der Waals surface area contributed by atoms with Gasteiger partial charge in [-0.2, -0.15) is 0 Å². The third-order valence-electron chi connectivity index (χ3n) is 2.97. The van der Waals surface area contributed by atoms with E-state index in [4.69, 9.17) is 5.73 Å². The molecule has 0 spiro atoms. The van der Waals surface area contributed by atoms with E-state index < -0.39 is 0 Å². The van der Waals surface area contributed by atoms with E-state index in [1.54, 1.807) is 0 Å². The lowest BCUT2D eigenvalue weighted by Gasteiger charge is -2.23. The number of carbonyl (C=O) groups is 1. The minimum Gasteiger partial charge on any atom is -0.330 e. The van der Waals surface area contributed by atoms with Crippen LogP contribution in [0.2, 0.25) is 0 Å². The van der Waals surface area contributed by atoms with Crippen LogP contribution < -0.4 is 11.1 Å². The van der Waals surface area contributed by atoms with Crippen LogP contribution in [0.25, 0.3) is 0 Å². The van der Waals surface area contributed by atoms with Crippen molar-refractivity contribution in [2.75, 3.05) is 11.9 Å². The standard InChI is InChI=1S/C14H22N2O/c1-10(2)13(17)16-12-7-5-11(6-8-12)14(3,4)9-15/h5-8,10H,9,15H2,1-4H3,(H,16,17). The van der Waals surface area contributed by atoms with Crippen LogP contribution >= 0.6 is 0 Å². The normalized spacial score (nSPS) is 11.6. The SMILES string of the molecule is CC(C)C(=O)Nc1ccc(C(C)(C)CN)cc1. The van der Waals surface area contributed by atoms with E-state index in [9.17, 15) is 4.79 Å². The number of hydrogen-bond donors (Lipinski definition) is 2. The van der Waals surface area contributed by atoms with E-state index in [0.717, 1.165) is 5.69 Å². The number of hydrogen-bond acceptors (Lipinski definition) is 2. The van der Waals surface area contributed by atoms with Gasteiger partial charge in [0.25, 0.3) is 0 Å². The van der Waals surface area contributed by atoms with Gasteiger partial charge >= 0.3 is 0 Å². The van der Waals surface area contributed by atoms with E-state index in [1.165, 1.54) is 5.56 Å². The van der Waals surface area contributed by atoms with Crippen LogP contribution in [0.15, 0.2) is 24.3 Å². The number of nitrogens with one attached hydrogen (secondary N) is 1. The van der Waals surface area contributed by atoms with Crippen molar-refractivity contribution in [1.29, 1.82) is 0 Å². The fourth-order valence-electron chi connectivity index (χ4n) is 1.41. The van der Waals surface area contributed by atoms with Gasteiger partial charge in [0.2, 0.25) is 5.91 Å². The highest BCUT2D eigenvalue weighted by Gasteiger charge is 2.18. The van der Waals surface area contributed by atoms with Gasteiger partial charge in [-0.1, -0.05) is 39.8 Å². The fraction of sp³-hybridized carbons (Fsp3) is 0.500. The molecule has 3 N–H and O–H groups in total. The molecule has 0 bridgehead atoms. The largest absolute Gasteiger partial charge is 0.330 e. The Hall–Kier alpha value is -1.35. The highest BCUT2D eigenvalue weighted by molar-refractivity contribution is 5.92. The third-order valence-corrected chi connectivity index (χ3v) is 2.97. The van der Waals surface area contributed by atoms with Crippen LogP contribution in [0.4, 0.5) is 5.69 Å². The summed E-state index contributed by atoms with van der Waals surface area (Å²) < 4.78 is 0. The molecule has 1 aromatic carbocycles. The van der Waals surface area contributed by atoms with Crippen molar-refractivity contribution in [1.82, 2.24) is 0 Å². The average Bonchev–Trinajstić information content (AvgIpc) is 2.29. The molecule has 3 nitrogen and oxygen atoms in total. The second-order valence-electron chi connectivity index (χ2n) is 5.31. The van der Waals surface area contributed by atoms with Gasteiger partial charge < -0.3 is 11.1 Å². The number of rotatable bonds is 4. The molecule has 1 aromatic rings. The van der Waals surface area contributed by atoms with Gasteiger partial charge in [-0.25, -0.2) is 0 Å². The minimum absolute atomic E-state index is 0.00448. The Bertz CT molecular complexity index is 380. The molecule has 0 aromatic heterocycles. The Balaban J connectivity index is 2.79. The lowest BCUT2D eigenvalue weighted by molar-refractivity contribution is -0.118. The average molecular weight is 234 g/mol. The molecule has 0 radical (unpaired) electrons. The molecule has 0 heterocycles. The number of nitrogens with two attached hydrogens (primary N) is 1. The molecule has 3 heteroatoms. The molecule has 0 unspecified atom stereocenters. The van der Waals surface area contributed by atoms with Crippen molar-refractivity contribution in [2.24, 2.45) is 11.7 Å². The summed E-state index contributed by atoms with van der Waals surface area (Å²) in [5, 5.41) is 2.87. The summed E-state index contributed by atoms with van der Waals surface area (Å²) in [5.41, 5.74) is 7.72. The lowest BCUT2D eigenvalue weighted by Crippen LogP contribution is -2.28. The first kappa shape index (κ1) is 13.7. The Morgan fingerprint density at radius 1 is 1.29 bits per heavy atom. The maximum atomic E-state index is 11.5. The van der Waals surface area contributed by atoms with Crippen LogP contribution in [0, 0.1) is 5.92 Å². The summed E-state index contributed by atoms with van der Waals surface area (Å²) in [6.07, 6.45) is 0. The van der Waals surface area contributed by atoms with Crippen molar-refractivity contribution in [3.05, 3.63) is 29.8 Å². The highest BCUT2D eigenvalue weighted by Crippen LogP contribution is 2.23. The summed E-state index contributed by atoms with van der Waals surface area (Å²) in [4.78, 5) is 11.5. The zero-order valence-corrected chi connectivity index (χ0v) is 11.1. The minimum atomic E-state index is -0.0272. The zero-order valence-electron chi connectivity index (χ0n) is 11.1. The number of carbonyl (C=O) groups excluding carboxylic acids is 1. The van der Waals surface area contributed by atoms with Gasteiger partial charge in [0.1, 0.15) is 0 Å². The predicted octanol–water partition coefficient (Wildman–Crippen LogP) is 2.52. The predicted molar refractivity (Wildman–Crippen MR) is 72.0 cm³/mol. The summed E-state index contributed by atoms with van der Waals surface area (Å²) in [7, 11) is 0.